The lowest BCUT2D eigenvalue weighted by molar-refractivity contribution is 0.164. The summed E-state index contributed by atoms with van der Waals surface area (Å²) in [4.78, 5) is 0. The lowest BCUT2D eigenvalue weighted by Gasteiger charge is -2.04. The van der Waals surface area contributed by atoms with Gasteiger partial charge in [0.2, 0.25) is 0 Å². The molecular formula is C13H9BrO3. The number of halogens is 1. The third kappa shape index (κ3) is 1.79. The van der Waals surface area contributed by atoms with Gasteiger partial charge in [0.15, 0.2) is 11.9 Å². The van der Waals surface area contributed by atoms with Crippen LogP contribution >= 0.6 is 15.9 Å². The van der Waals surface area contributed by atoms with Gasteiger partial charge in [-0.25, -0.2) is 0 Å². The highest BCUT2D eigenvalue weighted by molar-refractivity contribution is 9.10. The number of para-hydroxylation sites is 1. The van der Waals surface area contributed by atoms with Crippen LogP contribution in [0.4, 0.5) is 0 Å². The first-order valence-electron chi connectivity index (χ1n) is 5.15. The zero-order chi connectivity index (χ0) is 11.8. The zero-order valence-electron chi connectivity index (χ0n) is 8.76. The summed E-state index contributed by atoms with van der Waals surface area (Å²) in [6.07, 6.45) is 0.623. The van der Waals surface area contributed by atoms with E-state index in [0.29, 0.717) is 11.5 Å². The van der Waals surface area contributed by atoms with E-state index in [2.05, 4.69) is 15.9 Å². The van der Waals surface area contributed by atoms with Gasteiger partial charge in [-0.2, -0.15) is 0 Å². The fourth-order valence-corrected chi connectivity index (χ4v) is 2.19. The van der Waals surface area contributed by atoms with E-state index in [4.69, 9.17) is 8.83 Å². The van der Waals surface area contributed by atoms with E-state index < -0.39 is 6.10 Å². The van der Waals surface area contributed by atoms with Gasteiger partial charge >= 0.3 is 0 Å². The van der Waals surface area contributed by atoms with E-state index in [0.717, 1.165) is 15.4 Å². The van der Waals surface area contributed by atoms with Gasteiger partial charge < -0.3 is 13.9 Å². The molecule has 4 heteroatoms. The van der Waals surface area contributed by atoms with Crippen LogP contribution in [0.3, 0.4) is 0 Å². The van der Waals surface area contributed by atoms with Gasteiger partial charge in [-0.15, -0.1) is 0 Å². The molecular weight excluding hydrogens is 284 g/mol. The molecule has 0 aliphatic rings. The number of aliphatic hydroxyl groups is 1. The lowest BCUT2D eigenvalue weighted by Crippen LogP contribution is -1.96. The van der Waals surface area contributed by atoms with Crippen molar-refractivity contribution in [2.75, 3.05) is 0 Å². The summed E-state index contributed by atoms with van der Waals surface area (Å²) in [5.74, 6) is 0.922. The molecule has 1 atom stereocenters. The molecule has 2 heterocycles. The van der Waals surface area contributed by atoms with Gasteiger partial charge in [0.25, 0.3) is 0 Å². The van der Waals surface area contributed by atoms with Gasteiger partial charge in [0, 0.05) is 5.39 Å². The molecule has 0 bridgehead atoms. The second kappa shape index (κ2) is 4.05. The monoisotopic (exact) mass is 292 g/mol. The van der Waals surface area contributed by atoms with Crippen molar-refractivity contribution in [3.63, 3.8) is 0 Å². The topological polar surface area (TPSA) is 46.5 Å². The van der Waals surface area contributed by atoms with E-state index in [-0.39, 0.29) is 0 Å². The second-order valence-corrected chi connectivity index (χ2v) is 4.58. The number of hydrogen-bond donors (Lipinski definition) is 1. The minimum Gasteiger partial charge on any atom is -0.465 e. The van der Waals surface area contributed by atoms with Crippen molar-refractivity contribution in [1.29, 1.82) is 0 Å². The first-order chi connectivity index (χ1) is 8.25. The zero-order valence-corrected chi connectivity index (χ0v) is 10.3. The summed E-state index contributed by atoms with van der Waals surface area (Å²) >= 11 is 3.31. The van der Waals surface area contributed by atoms with E-state index in [1.54, 1.807) is 6.07 Å². The average molecular weight is 293 g/mol. The molecule has 17 heavy (non-hydrogen) atoms. The Labute approximate surface area is 106 Å². The van der Waals surface area contributed by atoms with Crippen LogP contribution in [-0.2, 0) is 0 Å². The highest BCUT2D eigenvalue weighted by Crippen LogP contribution is 2.32. The summed E-state index contributed by atoms with van der Waals surface area (Å²) in [5, 5.41) is 11.1. The van der Waals surface area contributed by atoms with E-state index in [1.807, 2.05) is 30.3 Å². The minimum atomic E-state index is -0.897. The normalized spacial score (nSPS) is 13.1. The van der Waals surface area contributed by atoms with Crippen LogP contribution in [0.2, 0.25) is 0 Å². The van der Waals surface area contributed by atoms with Crippen molar-refractivity contribution < 1.29 is 13.9 Å². The maximum Gasteiger partial charge on any atom is 0.170 e. The smallest absolute Gasteiger partial charge is 0.170 e. The number of aliphatic hydroxyl groups excluding tert-OH is 1. The third-order valence-electron chi connectivity index (χ3n) is 2.61. The van der Waals surface area contributed by atoms with Crippen molar-refractivity contribution in [3.8, 4) is 0 Å². The van der Waals surface area contributed by atoms with Gasteiger partial charge in [0.05, 0.1) is 10.7 Å². The average Bonchev–Trinajstić information content (AvgIpc) is 2.93. The lowest BCUT2D eigenvalue weighted by atomic mass is 10.2. The molecule has 1 N–H and O–H groups in total. The summed E-state index contributed by atoms with van der Waals surface area (Å²) in [7, 11) is 0. The van der Waals surface area contributed by atoms with E-state index >= 15 is 0 Å². The molecule has 2 aromatic heterocycles. The number of benzene rings is 1. The minimum absolute atomic E-state index is 0.448. The van der Waals surface area contributed by atoms with E-state index in [9.17, 15) is 5.11 Å². The Kier molecular flexibility index (Phi) is 2.53. The largest absolute Gasteiger partial charge is 0.465 e. The van der Waals surface area contributed by atoms with Crippen LogP contribution in [0, 0.1) is 0 Å². The Hall–Kier alpha value is -1.52. The van der Waals surface area contributed by atoms with Crippen LogP contribution in [-0.4, -0.2) is 5.11 Å². The molecule has 0 aliphatic heterocycles. The van der Waals surface area contributed by atoms with Crippen LogP contribution in [0.15, 0.2) is 56.0 Å². The van der Waals surface area contributed by atoms with E-state index in [1.165, 1.54) is 6.26 Å². The first kappa shape index (κ1) is 10.6. The molecule has 3 rings (SSSR count). The fourth-order valence-electron chi connectivity index (χ4n) is 1.77. The van der Waals surface area contributed by atoms with Gasteiger partial charge in [-0.1, -0.05) is 18.2 Å². The van der Waals surface area contributed by atoms with Crippen molar-refractivity contribution in [3.05, 3.63) is 58.7 Å². The summed E-state index contributed by atoms with van der Waals surface area (Å²) < 4.78 is 11.5. The molecule has 0 saturated carbocycles. The molecule has 0 saturated heterocycles. The van der Waals surface area contributed by atoms with Gasteiger partial charge in [0.1, 0.15) is 11.3 Å². The summed E-state index contributed by atoms with van der Waals surface area (Å²) in [6, 6.07) is 11.2. The number of rotatable bonds is 2. The third-order valence-corrected chi connectivity index (χ3v) is 3.26. The van der Waals surface area contributed by atoms with Crippen molar-refractivity contribution in [2.24, 2.45) is 0 Å². The Bertz CT molecular complexity index is 620. The fraction of sp³-hybridized carbons (Fsp3) is 0.0769. The number of fused-ring (bicyclic) bond motifs is 1. The maximum absolute atomic E-state index is 10.1. The molecule has 0 amide bonds. The molecule has 3 nitrogen and oxygen atoms in total. The molecule has 0 radical (unpaired) electrons. The van der Waals surface area contributed by atoms with Gasteiger partial charge in [-0.3, -0.25) is 0 Å². The standard InChI is InChI=1S/C13H9BrO3/c14-9-5-6-16-13(9)12(15)11-7-8-3-1-2-4-10(8)17-11/h1-7,12,15H. The van der Waals surface area contributed by atoms with Crippen LogP contribution in [0.25, 0.3) is 11.0 Å². The Morgan fingerprint density at radius 1 is 1.18 bits per heavy atom. The molecule has 0 spiro atoms. The van der Waals surface area contributed by atoms with Crippen molar-refractivity contribution in [2.45, 2.75) is 6.10 Å². The van der Waals surface area contributed by atoms with Crippen molar-refractivity contribution in [1.82, 2.24) is 0 Å². The predicted molar refractivity (Wildman–Crippen MR) is 66.7 cm³/mol. The summed E-state index contributed by atoms with van der Waals surface area (Å²) in [5.41, 5.74) is 0.754. The number of furan rings is 2. The SMILES string of the molecule is OC(c1cc2ccccc2o1)c1occc1Br. The van der Waals surface area contributed by atoms with Crippen LogP contribution in [0.1, 0.15) is 17.6 Å². The van der Waals surface area contributed by atoms with Gasteiger partial charge in [-0.05, 0) is 34.1 Å². The Morgan fingerprint density at radius 3 is 2.71 bits per heavy atom. The predicted octanol–water partition coefficient (Wildman–Crippen LogP) is 3.87. The summed E-state index contributed by atoms with van der Waals surface area (Å²) in [6.45, 7) is 0. The highest BCUT2D eigenvalue weighted by Gasteiger charge is 2.20. The van der Waals surface area contributed by atoms with Crippen LogP contribution < -0.4 is 0 Å². The number of hydrogen-bond acceptors (Lipinski definition) is 3. The first-order valence-corrected chi connectivity index (χ1v) is 5.94. The molecule has 1 aromatic carbocycles. The Morgan fingerprint density at radius 2 is 2.00 bits per heavy atom. The van der Waals surface area contributed by atoms with Crippen LogP contribution in [0.5, 0.6) is 0 Å². The highest BCUT2D eigenvalue weighted by atomic mass is 79.9. The quantitative estimate of drug-likeness (QED) is 0.780. The molecule has 0 fully saturated rings. The molecule has 0 aliphatic carbocycles. The molecule has 1 unspecified atom stereocenters. The second-order valence-electron chi connectivity index (χ2n) is 3.72. The maximum atomic E-state index is 10.1. The Balaban J connectivity index is 2.07. The molecule has 86 valence electrons. The molecule has 3 aromatic rings. The van der Waals surface area contributed by atoms with Crippen molar-refractivity contribution >= 4 is 26.9 Å².